The van der Waals surface area contributed by atoms with Crippen molar-refractivity contribution in [3.8, 4) is 0 Å². The van der Waals surface area contributed by atoms with Gasteiger partial charge in [0.05, 0.1) is 0 Å². The Morgan fingerprint density at radius 3 is 2.38 bits per heavy atom. The van der Waals surface area contributed by atoms with Crippen LogP contribution >= 0.6 is 0 Å². The Hall–Kier alpha value is -1.80. The van der Waals surface area contributed by atoms with Crippen LogP contribution in [-0.2, 0) is 10.9 Å². The topological polar surface area (TPSA) is 77.2 Å². The highest BCUT2D eigenvalue weighted by Crippen LogP contribution is 2.36. The number of hydrogen-bond acceptors (Lipinski definition) is 5. The predicted molar refractivity (Wildman–Crippen MR) is 78.2 cm³/mol. The standard InChI is InChI=1S/C15H22F3N3O3/c1-14(2,3)23-13(22)19-8-9-4-6-10(7-5-9)11-20-12(21-24-11)15(16,17)18/h9-10H,4-8H2,1-3H3,(H,19,22)/t9-,10-. The lowest BCUT2D eigenvalue weighted by Gasteiger charge is -2.27. The van der Waals surface area contributed by atoms with E-state index in [4.69, 9.17) is 9.26 Å². The zero-order chi connectivity index (χ0) is 18.0. The van der Waals surface area contributed by atoms with E-state index in [1.54, 1.807) is 20.8 Å². The molecule has 1 N–H and O–H groups in total. The SMILES string of the molecule is CC(C)(C)OC(=O)NC[C@H]1CC[C@H](c2nc(C(F)(F)F)no2)CC1. The molecule has 0 radical (unpaired) electrons. The highest BCUT2D eigenvalue weighted by Gasteiger charge is 2.38. The van der Waals surface area contributed by atoms with Crippen molar-refractivity contribution in [3.05, 3.63) is 11.7 Å². The highest BCUT2D eigenvalue weighted by atomic mass is 19.4. The number of carbonyl (C=O) groups excluding carboxylic acids is 1. The molecule has 1 saturated carbocycles. The van der Waals surface area contributed by atoms with Crippen LogP contribution in [0.3, 0.4) is 0 Å². The minimum atomic E-state index is -4.59. The van der Waals surface area contributed by atoms with Gasteiger partial charge in [-0.25, -0.2) is 4.79 Å². The molecule has 0 aliphatic heterocycles. The van der Waals surface area contributed by atoms with Gasteiger partial charge in [-0.05, 0) is 52.4 Å². The number of halogens is 3. The summed E-state index contributed by atoms with van der Waals surface area (Å²) in [5, 5.41) is 5.72. The zero-order valence-corrected chi connectivity index (χ0v) is 13.9. The molecule has 0 spiro atoms. The minimum absolute atomic E-state index is 0.0425. The summed E-state index contributed by atoms with van der Waals surface area (Å²) in [5.74, 6) is -1.09. The van der Waals surface area contributed by atoms with E-state index in [9.17, 15) is 18.0 Å². The highest BCUT2D eigenvalue weighted by molar-refractivity contribution is 5.67. The molecule has 0 bridgehead atoms. The third-order valence-corrected chi connectivity index (χ3v) is 3.83. The second-order valence-electron chi connectivity index (χ2n) is 7.05. The first-order valence-electron chi connectivity index (χ1n) is 7.92. The van der Waals surface area contributed by atoms with Crippen LogP contribution in [0.2, 0.25) is 0 Å². The lowest BCUT2D eigenvalue weighted by atomic mass is 9.82. The molecule has 1 amide bonds. The Morgan fingerprint density at radius 1 is 1.25 bits per heavy atom. The first-order valence-corrected chi connectivity index (χ1v) is 7.92. The molecular formula is C15H22F3N3O3. The lowest BCUT2D eigenvalue weighted by molar-refractivity contribution is -0.146. The molecule has 1 aliphatic carbocycles. The second-order valence-corrected chi connectivity index (χ2v) is 7.05. The Bertz CT molecular complexity index is 558. The first-order chi connectivity index (χ1) is 11.0. The van der Waals surface area contributed by atoms with Crippen LogP contribution in [0.25, 0.3) is 0 Å². The Labute approximate surface area is 138 Å². The van der Waals surface area contributed by atoms with E-state index in [0.717, 1.165) is 12.8 Å². The third kappa shape index (κ3) is 5.38. The number of hydrogen-bond donors (Lipinski definition) is 1. The fourth-order valence-electron chi connectivity index (χ4n) is 2.67. The molecule has 1 aliphatic rings. The van der Waals surface area contributed by atoms with Gasteiger partial charge in [0, 0.05) is 12.5 Å². The number of rotatable bonds is 3. The van der Waals surface area contributed by atoms with Gasteiger partial charge >= 0.3 is 12.3 Å². The average Bonchev–Trinajstić information content (AvgIpc) is 2.93. The summed E-state index contributed by atoms with van der Waals surface area (Å²) in [6, 6.07) is 0. The maximum Gasteiger partial charge on any atom is 0.455 e. The molecule has 2 rings (SSSR count). The molecule has 1 aromatic rings. The molecule has 0 unspecified atom stereocenters. The van der Waals surface area contributed by atoms with Gasteiger partial charge < -0.3 is 14.6 Å². The maximum atomic E-state index is 12.5. The van der Waals surface area contributed by atoms with Gasteiger partial charge in [-0.2, -0.15) is 18.2 Å². The summed E-state index contributed by atoms with van der Waals surface area (Å²) >= 11 is 0. The van der Waals surface area contributed by atoms with Crippen molar-refractivity contribution in [1.29, 1.82) is 0 Å². The van der Waals surface area contributed by atoms with E-state index in [2.05, 4.69) is 15.5 Å². The summed E-state index contributed by atoms with van der Waals surface area (Å²) in [6.07, 6.45) is -2.21. The van der Waals surface area contributed by atoms with Crippen LogP contribution in [0.15, 0.2) is 4.52 Å². The van der Waals surface area contributed by atoms with Crippen LogP contribution in [0.5, 0.6) is 0 Å². The van der Waals surface area contributed by atoms with E-state index in [1.165, 1.54) is 0 Å². The van der Waals surface area contributed by atoms with Crippen molar-refractivity contribution >= 4 is 6.09 Å². The van der Waals surface area contributed by atoms with E-state index in [0.29, 0.717) is 19.4 Å². The van der Waals surface area contributed by atoms with Crippen molar-refractivity contribution in [1.82, 2.24) is 15.5 Å². The largest absolute Gasteiger partial charge is 0.455 e. The smallest absolute Gasteiger partial charge is 0.444 e. The van der Waals surface area contributed by atoms with Crippen LogP contribution in [0.4, 0.5) is 18.0 Å². The van der Waals surface area contributed by atoms with Gasteiger partial charge in [0.2, 0.25) is 5.89 Å². The molecule has 9 heteroatoms. The number of nitrogens with one attached hydrogen (secondary N) is 1. The molecule has 1 fully saturated rings. The van der Waals surface area contributed by atoms with Crippen molar-refractivity contribution in [2.24, 2.45) is 5.92 Å². The maximum absolute atomic E-state index is 12.5. The fourth-order valence-corrected chi connectivity index (χ4v) is 2.67. The van der Waals surface area contributed by atoms with Gasteiger partial charge in [0.1, 0.15) is 5.60 Å². The van der Waals surface area contributed by atoms with Crippen molar-refractivity contribution < 1.29 is 27.2 Å². The zero-order valence-electron chi connectivity index (χ0n) is 13.9. The second kappa shape index (κ2) is 6.98. The van der Waals surface area contributed by atoms with E-state index >= 15 is 0 Å². The van der Waals surface area contributed by atoms with E-state index < -0.39 is 23.7 Å². The van der Waals surface area contributed by atoms with E-state index in [-0.39, 0.29) is 17.7 Å². The number of ether oxygens (including phenoxy) is 1. The molecule has 6 nitrogen and oxygen atoms in total. The third-order valence-electron chi connectivity index (χ3n) is 3.83. The summed E-state index contributed by atoms with van der Waals surface area (Å²) in [5.41, 5.74) is -0.546. The fraction of sp³-hybridized carbons (Fsp3) is 0.800. The number of aromatic nitrogens is 2. The van der Waals surface area contributed by atoms with Crippen molar-refractivity contribution in [3.63, 3.8) is 0 Å². The van der Waals surface area contributed by atoms with Crippen LogP contribution < -0.4 is 5.32 Å². The van der Waals surface area contributed by atoms with Crippen molar-refractivity contribution in [2.75, 3.05) is 6.54 Å². The van der Waals surface area contributed by atoms with Crippen molar-refractivity contribution in [2.45, 2.75) is 64.1 Å². The van der Waals surface area contributed by atoms with E-state index in [1.807, 2.05) is 0 Å². The molecule has 0 atom stereocenters. The Kier molecular flexibility index (Phi) is 5.39. The number of alkyl carbamates (subject to hydrolysis) is 1. The van der Waals surface area contributed by atoms with Gasteiger partial charge in [0.25, 0.3) is 5.82 Å². The summed E-state index contributed by atoms with van der Waals surface area (Å²) < 4.78 is 47.4. The molecule has 24 heavy (non-hydrogen) atoms. The molecule has 1 heterocycles. The normalized spacial score (nSPS) is 22.2. The van der Waals surface area contributed by atoms with Gasteiger partial charge in [-0.3, -0.25) is 0 Å². The lowest BCUT2D eigenvalue weighted by Crippen LogP contribution is -2.36. The quantitative estimate of drug-likeness (QED) is 0.896. The number of alkyl halides is 3. The average molecular weight is 349 g/mol. The van der Waals surface area contributed by atoms with Gasteiger partial charge in [-0.15, -0.1) is 0 Å². The summed E-state index contributed by atoms with van der Waals surface area (Å²) in [7, 11) is 0. The molecule has 0 saturated heterocycles. The van der Waals surface area contributed by atoms with Crippen LogP contribution in [0.1, 0.15) is 64.1 Å². The predicted octanol–water partition coefficient (Wildman–Crippen LogP) is 3.89. The molecule has 0 aromatic carbocycles. The molecular weight excluding hydrogens is 327 g/mol. The van der Waals surface area contributed by atoms with Gasteiger partial charge in [0.15, 0.2) is 0 Å². The molecule has 1 aromatic heterocycles. The Balaban J connectivity index is 1.77. The number of nitrogens with zero attached hydrogens (tertiary/aromatic N) is 2. The minimum Gasteiger partial charge on any atom is -0.444 e. The van der Waals surface area contributed by atoms with Crippen LogP contribution in [-0.4, -0.2) is 28.4 Å². The number of carbonyl (C=O) groups is 1. The molecule has 136 valence electrons. The first kappa shape index (κ1) is 18.5. The summed E-state index contributed by atoms with van der Waals surface area (Å²) in [4.78, 5) is 15.1. The monoisotopic (exact) mass is 349 g/mol. The summed E-state index contributed by atoms with van der Waals surface area (Å²) in [6.45, 7) is 5.85. The Morgan fingerprint density at radius 2 is 1.88 bits per heavy atom. The van der Waals surface area contributed by atoms with Crippen LogP contribution in [0, 0.1) is 5.92 Å². The van der Waals surface area contributed by atoms with Gasteiger partial charge in [-0.1, -0.05) is 5.16 Å². The number of amides is 1.